The Morgan fingerprint density at radius 1 is 1.16 bits per heavy atom. The number of carbonyl (C=O) groups is 1. The van der Waals surface area contributed by atoms with E-state index >= 15 is 0 Å². The van der Waals surface area contributed by atoms with E-state index in [9.17, 15) is 18.0 Å². The van der Waals surface area contributed by atoms with E-state index in [4.69, 9.17) is 15.2 Å². The smallest absolute Gasteiger partial charge is 0.429 e. The van der Waals surface area contributed by atoms with Crippen LogP contribution in [-0.4, -0.2) is 63.2 Å². The standard InChI is InChI=1S/C32H42F3N7O3/c1-6-7-21-8-9-22(24(16-21)42-13-10-20(2)40-42)27(32(33,34)35)44-26-17-25(38-29(36)39-26)41-14-11-31(12-15-41)18-23(37-19-31)28(43)45-30(3,4)5/h8-10,13,16-17,23,27,37H,6-7,11-12,14-15,18-19H2,1-5H3,(H2,36,38,39)/t23-,27+/m0/s1. The highest BCUT2D eigenvalue weighted by molar-refractivity contribution is 5.76. The van der Waals surface area contributed by atoms with Gasteiger partial charge < -0.3 is 25.4 Å². The Kier molecular flexibility index (Phi) is 9.03. The van der Waals surface area contributed by atoms with Crippen molar-refractivity contribution < 1.29 is 27.4 Å². The van der Waals surface area contributed by atoms with Crippen molar-refractivity contribution in [2.75, 3.05) is 30.3 Å². The van der Waals surface area contributed by atoms with Crippen molar-refractivity contribution >= 4 is 17.7 Å². The molecule has 0 unspecified atom stereocenters. The Balaban J connectivity index is 1.35. The molecule has 0 aliphatic carbocycles. The molecule has 244 valence electrons. The number of nitrogen functional groups attached to an aromatic ring is 1. The van der Waals surface area contributed by atoms with Crippen LogP contribution in [0.4, 0.5) is 24.9 Å². The first kappa shape index (κ1) is 32.5. The van der Waals surface area contributed by atoms with Crippen LogP contribution in [0.5, 0.6) is 5.88 Å². The molecule has 3 N–H and O–H groups in total. The molecule has 5 rings (SSSR count). The Bertz CT molecular complexity index is 1510. The van der Waals surface area contributed by atoms with Gasteiger partial charge in [0.25, 0.3) is 0 Å². The predicted octanol–water partition coefficient (Wildman–Crippen LogP) is 5.48. The number of carbonyl (C=O) groups excluding carboxylic acids is 1. The maximum Gasteiger partial charge on any atom is 0.429 e. The molecule has 1 spiro atoms. The number of rotatable bonds is 8. The lowest BCUT2D eigenvalue weighted by Gasteiger charge is -2.39. The Labute approximate surface area is 261 Å². The molecule has 2 atom stereocenters. The molecule has 4 heterocycles. The van der Waals surface area contributed by atoms with Crippen LogP contribution in [0.25, 0.3) is 5.69 Å². The van der Waals surface area contributed by atoms with Gasteiger partial charge in [0.15, 0.2) is 0 Å². The first-order chi connectivity index (χ1) is 21.1. The van der Waals surface area contributed by atoms with Gasteiger partial charge in [-0.2, -0.15) is 28.2 Å². The number of nitrogens with two attached hydrogens (primary N) is 1. The van der Waals surface area contributed by atoms with Crippen molar-refractivity contribution in [1.29, 1.82) is 0 Å². The number of nitrogens with one attached hydrogen (secondary N) is 1. The lowest BCUT2D eigenvalue weighted by molar-refractivity contribution is -0.198. The SMILES string of the molecule is CCCc1ccc([C@@H](Oc2cc(N3CCC4(CC3)CN[C@H](C(=O)OC(C)(C)C)C4)nc(N)n2)C(F)(F)F)c(-n2ccc(C)n2)c1. The van der Waals surface area contributed by atoms with Gasteiger partial charge in [0.05, 0.1) is 11.4 Å². The van der Waals surface area contributed by atoms with E-state index in [2.05, 4.69) is 20.4 Å². The minimum absolute atomic E-state index is 0.0808. The first-order valence-corrected chi connectivity index (χ1v) is 15.4. The zero-order chi connectivity index (χ0) is 32.6. The number of hydrogen-bond acceptors (Lipinski definition) is 9. The van der Waals surface area contributed by atoms with Crippen LogP contribution in [0.2, 0.25) is 0 Å². The van der Waals surface area contributed by atoms with Gasteiger partial charge in [-0.25, -0.2) is 4.68 Å². The van der Waals surface area contributed by atoms with Gasteiger partial charge in [-0.3, -0.25) is 4.79 Å². The second-order valence-electron chi connectivity index (χ2n) is 13.2. The van der Waals surface area contributed by atoms with E-state index in [1.165, 1.54) is 16.8 Å². The molecule has 0 saturated carbocycles. The third-order valence-electron chi connectivity index (χ3n) is 8.33. The summed E-state index contributed by atoms with van der Waals surface area (Å²) in [6, 6.07) is 7.64. The number of alkyl halides is 3. The van der Waals surface area contributed by atoms with E-state index < -0.39 is 17.9 Å². The monoisotopic (exact) mass is 629 g/mol. The van der Waals surface area contributed by atoms with Crippen LogP contribution < -0.4 is 20.7 Å². The zero-order valence-electron chi connectivity index (χ0n) is 26.4. The normalized spacial score (nSPS) is 19.1. The van der Waals surface area contributed by atoms with E-state index in [1.54, 1.807) is 31.3 Å². The minimum atomic E-state index is -4.76. The summed E-state index contributed by atoms with van der Waals surface area (Å²) in [5, 5.41) is 7.70. The second-order valence-corrected chi connectivity index (χ2v) is 13.2. The van der Waals surface area contributed by atoms with Gasteiger partial charge >= 0.3 is 12.1 Å². The summed E-state index contributed by atoms with van der Waals surface area (Å²) in [7, 11) is 0. The molecule has 2 aromatic heterocycles. The predicted molar refractivity (Wildman–Crippen MR) is 164 cm³/mol. The molecule has 0 radical (unpaired) electrons. The summed E-state index contributed by atoms with van der Waals surface area (Å²) in [5.41, 5.74) is 7.13. The van der Waals surface area contributed by atoms with Crippen molar-refractivity contribution in [1.82, 2.24) is 25.1 Å². The van der Waals surface area contributed by atoms with Gasteiger partial charge in [-0.05, 0) is 76.5 Å². The van der Waals surface area contributed by atoms with Gasteiger partial charge in [0.1, 0.15) is 17.5 Å². The van der Waals surface area contributed by atoms with Crippen LogP contribution >= 0.6 is 0 Å². The topological polar surface area (TPSA) is 120 Å². The van der Waals surface area contributed by atoms with E-state index in [1.807, 2.05) is 32.6 Å². The average Bonchev–Trinajstić information content (AvgIpc) is 3.57. The molecule has 2 aliphatic rings. The summed E-state index contributed by atoms with van der Waals surface area (Å²) >= 11 is 0. The van der Waals surface area contributed by atoms with E-state index in [0.717, 1.165) is 24.8 Å². The average molecular weight is 630 g/mol. The lowest BCUT2D eigenvalue weighted by atomic mass is 9.76. The van der Waals surface area contributed by atoms with Crippen LogP contribution in [-0.2, 0) is 16.0 Å². The molecule has 3 aromatic rings. The first-order valence-electron chi connectivity index (χ1n) is 15.4. The number of ether oxygens (including phenoxy) is 2. The maximum absolute atomic E-state index is 14.7. The van der Waals surface area contributed by atoms with Crippen LogP contribution in [0.3, 0.4) is 0 Å². The fourth-order valence-electron chi connectivity index (χ4n) is 6.13. The zero-order valence-corrected chi connectivity index (χ0v) is 26.4. The largest absolute Gasteiger partial charge is 0.459 e. The minimum Gasteiger partial charge on any atom is -0.459 e. The Morgan fingerprint density at radius 2 is 1.89 bits per heavy atom. The fourth-order valence-corrected chi connectivity index (χ4v) is 6.13. The second kappa shape index (κ2) is 12.5. The Hall–Kier alpha value is -3.87. The van der Waals surface area contributed by atoms with Gasteiger partial charge in [-0.15, -0.1) is 0 Å². The third-order valence-corrected chi connectivity index (χ3v) is 8.33. The number of aromatic nitrogens is 4. The number of halogens is 3. The molecule has 13 heteroatoms. The quantitative estimate of drug-likeness (QED) is 0.312. The molecule has 2 fully saturated rings. The van der Waals surface area contributed by atoms with Crippen molar-refractivity contribution in [2.45, 2.75) is 90.6 Å². The number of benzene rings is 1. The number of aryl methyl sites for hydroxylation is 2. The summed E-state index contributed by atoms with van der Waals surface area (Å²) in [6.07, 6.45) is -1.70. The highest BCUT2D eigenvalue weighted by atomic mass is 19.4. The lowest BCUT2D eigenvalue weighted by Crippen LogP contribution is -2.41. The highest BCUT2D eigenvalue weighted by Crippen LogP contribution is 2.42. The molecule has 1 aromatic carbocycles. The summed E-state index contributed by atoms with van der Waals surface area (Å²) < 4.78 is 56.6. The molecule has 10 nitrogen and oxygen atoms in total. The highest BCUT2D eigenvalue weighted by Gasteiger charge is 2.46. The van der Waals surface area contributed by atoms with Gasteiger partial charge in [0, 0.05) is 37.5 Å². The number of esters is 1. The molecule has 2 saturated heterocycles. The van der Waals surface area contributed by atoms with Gasteiger partial charge in [-0.1, -0.05) is 25.5 Å². The summed E-state index contributed by atoms with van der Waals surface area (Å²) in [5.74, 6) is -0.313. The Morgan fingerprint density at radius 3 is 2.51 bits per heavy atom. The van der Waals surface area contributed by atoms with Gasteiger partial charge in [0.2, 0.25) is 17.9 Å². The van der Waals surface area contributed by atoms with Crippen LogP contribution in [0.1, 0.15) is 76.3 Å². The number of piperidine rings is 1. The van der Waals surface area contributed by atoms with Crippen molar-refractivity contribution in [3.63, 3.8) is 0 Å². The summed E-state index contributed by atoms with van der Waals surface area (Å²) in [6.45, 7) is 11.2. The number of nitrogens with zero attached hydrogens (tertiary/aromatic N) is 5. The van der Waals surface area contributed by atoms with E-state index in [-0.39, 0.29) is 40.5 Å². The summed E-state index contributed by atoms with van der Waals surface area (Å²) in [4.78, 5) is 23.0. The molecular weight excluding hydrogens is 587 g/mol. The third kappa shape index (κ3) is 7.69. The molecule has 2 aliphatic heterocycles. The fraction of sp³-hybridized carbons (Fsp3) is 0.562. The van der Waals surface area contributed by atoms with Crippen molar-refractivity contribution in [3.05, 3.63) is 53.3 Å². The maximum atomic E-state index is 14.7. The molecule has 0 amide bonds. The number of hydrogen-bond donors (Lipinski definition) is 2. The van der Waals surface area contributed by atoms with Crippen LogP contribution in [0, 0.1) is 12.3 Å². The molecule has 0 bridgehead atoms. The number of anilines is 2. The van der Waals surface area contributed by atoms with Crippen LogP contribution in [0.15, 0.2) is 36.5 Å². The van der Waals surface area contributed by atoms with Crippen molar-refractivity contribution in [2.24, 2.45) is 5.41 Å². The molecule has 45 heavy (non-hydrogen) atoms. The van der Waals surface area contributed by atoms with E-state index in [0.29, 0.717) is 44.0 Å². The van der Waals surface area contributed by atoms with Crippen molar-refractivity contribution in [3.8, 4) is 11.6 Å². The molecular formula is C32H42F3N7O3.